The third-order valence-electron chi connectivity index (χ3n) is 5.98. The Kier molecular flexibility index (Phi) is 12.1. The molecule has 2 aromatic rings. The minimum atomic E-state index is -1.60. The number of rotatable bonds is 15. The summed E-state index contributed by atoms with van der Waals surface area (Å²) >= 11 is 0. The van der Waals surface area contributed by atoms with E-state index in [-0.39, 0.29) is 30.9 Å². The van der Waals surface area contributed by atoms with Crippen molar-refractivity contribution in [2.75, 3.05) is 0 Å². The summed E-state index contributed by atoms with van der Waals surface area (Å²) in [4.78, 5) is 62.2. The first-order valence-electron chi connectivity index (χ1n) is 12.8. The molecule has 8 N–H and O–H groups in total. The van der Waals surface area contributed by atoms with E-state index in [1.165, 1.54) is 12.1 Å². The number of nitrogens with one attached hydrogen (secondary N) is 3. The van der Waals surface area contributed by atoms with Gasteiger partial charge in [0.1, 0.15) is 23.9 Å². The maximum Gasteiger partial charge on any atom is 0.326 e. The molecular weight excluding hydrogens is 520 g/mol. The Hall–Kier alpha value is -4.45. The average molecular weight is 557 g/mol. The molecule has 0 radical (unpaired) electrons. The number of hydrogen-bond acceptors (Lipinski definition) is 7. The Morgan fingerprint density at radius 1 is 0.725 bits per heavy atom. The number of phenolic OH excluding ortho intramolecular Hbond substituents is 1. The van der Waals surface area contributed by atoms with Crippen LogP contribution in [0.15, 0.2) is 54.6 Å². The van der Waals surface area contributed by atoms with E-state index in [1.807, 2.05) is 0 Å². The van der Waals surface area contributed by atoms with Crippen LogP contribution in [-0.4, -0.2) is 69.1 Å². The summed E-state index contributed by atoms with van der Waals surface area (Å²) < 4.78 is 0. The maximum absolute atomic E-state index is 13.3. The molecule has 0 aromatic heterocycles. The molecule has 0 fully saturated rings. The molecule has 4 atom stereocenters. The summed E-state index contributed by atoms with van der Waals surface area (Å²) in [5.74, 6) is -5.18. The molecule has 3 amide bonds. The predicted molar refractivity (Wildman–Crippen MR) is 145 cm³/mol. The van der Waals surface area contributed by atoms with Crippen molar-refractivity contribution < 1.29 is 39.3 Å². The number of amides is 3. The SMILES string of the molecule is CC(C)C[C@H](NC(=O)[C@H](CC(=O)O)NC(=O)[C@H](Cc1ccccc1)NC(=O)[C@@H](N)Cc1ccc(O)cc1)C(=O)O. The second kappa shape index (κ2) is 15.2. The Labute approximate surface area is 232 Å². The molecule has 12 nitrogen and oxygen atoms in total. The highest BCUT2D eigenvalue weighted by atomic mass is 16.4. The van der Waals surface area contributed by atoms with Crippen LogP contribution in [0.5, 0.6) is 5.75 Å². The zero-order valence-electron chi connectivity index (χ0n) is 22.4. The number of aliphatic carboxylic acids is 2. The van der Waals surface area contributed by atoms with E-state index in [0.29, 0.717) is 11.1 Å². The fraction of sp³-hybridized carbons (Fsp3) is 0.393. The molecule has 0 unspecified atom stereocenters. The second-order valence-electron chi connectivity index (χ2n) is 9.92. The van der Waals surface area contributed by atoms with Crippen LogP contribution in [0, 0.1) is 5.92 Å². The molecule has 2 aromatic carbocycles. The highest BCUT2D eigenvalue weighted by molar-refractivity contribution is 5.95. The Morgan fingerprint density at radius 2 is 1.25 bits per heavy atom. The van der Waals surface area contributed by atoms with Gasteiger partial charge in [0.15, 0.2) is 0 Å². The minimum absolute atomic E-state index is 0.0108. The van der Waals surface area contributed by atoms with Crippen molar-refractivity contribution in [1.29, 1.82) is 0 Å². The van der Waals surface area contributed by atoms with Gasteiger partial charge < -0.3 is 37.0 Å². The van der Waals surface area contributed by atoms with Crippen LogP contribution in [0.25, 0.3) is 0 Å². The first-order chi connectivity index (χ1) is 18.8. The van der Waals surface area contributed by atoms with Gasteiger partial charge in [-0.1, -0.05) is 56.3 Å². The van der Waals surface area contributed by atoms with Crippen LogP contribution >= 0.6 is 0 Å². The lowest BCUT2D eigenvalue weighted by molar-refractivity contribution is -0.144. The van der Waals surface area contributed by atoms with Crippen molar-refractivity contribution in [3.05, 3.63) is 65.7 Å². The van der Waals surface area contributed by atoms with Crippen LogP contribution in [-0.2, 0) is 36.8 Å². The Balaban J connectivity index is 2.21. The quantitative estimate of drug-likeness (QED) is 0.163. The number of carbonyl (C=O) groups excluding carboxylic acids is 3. The molecule has 0 saturated heterocycles. The van der Waals surface area contributed by atoms with Gasteiger partial charge in [-0.05, 0) is 42.0 Å². The van der Waals surface area contributed by atoms with Crippen molar-refractivity contribution in [3.8, 4) is 5.75 Å². The van der Waals surface area contributed by atoms with E-state index in [1.54, 1.807) is 56.3 Å². The summed E-state index contributed by atoms with van der Waals surface area (Å²) in [7, 11) is 0. The van der Waals surface area contributed by atoms with Gasteiger partial charge in [0, 0.05) is 6.42 Å². The van der Waals surface area contributed by atoms with E-state index >= 15 is 0 Å². The monoisotopic (exact) mass is 556 g/mol. The average Bonchev–Trinajstić information content (AvgIpc) is 2.88. The van der Waals surface area contributed by atoms with Crippen molar-refractivity contribution >= 4 is 29.7 Å². The number of nitrogens with two attached hydrogens (primary N) is 1. The highest BCUT2D eigenvalue weighted by Crippen LogP contribution is 2.12. The number of carbonyl (C=O) groups is 5. The predicted octanol–water partition coefficient (Wildman–Crippen LogP) is 0.565. The molecular formula is C28H36N4O8. The topological polar surface area (TPSA) is 208 Å². The molecule has 0 aliphatic heterocycles. The number of carboxylic acid groups (broad SMARTS) is 2. The maximum atomic E-state index is 13.3. The number of benzene rings is 2. The lowest BCUT2D eigenvalue weighted by Crippen LogP contribution is -2.58. The zero-order chi connectivity index (χ0) is 29.8. The van der Waals surface area contributed by atoms with Gasteiger partial charge in [-0.25, -0.2) is 4.79 Å². The van der Waals surface area contributed by atoms with Crippen LogP contribution in [0.3, 0.4) is 0 Å². The van der Waals surface area contributed by atoms with Crippen LogP contribution < -0.4 is 21.7 Å². The third kappa shape index (κ3) is 10.7. The Bertz CT molecular complexity index is 1170. The molecule has 2 rings (SSSR count). The second-order valence-corrected chi connectivity index (χ2v) is 9.92. The van der Waals surface area contributed by atoms with Crippen LogP contribution in [0.1, 0.15) is 37.8 Å². The smallest absolute Gasteiger partial charge is 0.326 e. The molecule has 40 heavy (non-hydrogen) atoms. The van der Waals surface area contributed by atoms with Crippen molar-refractivity contribution in [1.82, 2.24) is 16.0 Å². The third-order valence-corrected chi connectivity index (χ3v) is 5.98. The van der Waals surface area contributed by atoms with E-state index in [0.717, 1.165) is 0 Å². The molecule has 0 saturated carbocycles. The normalized spacial score (nSPS) is 13.9. The van der Waals surface area contributed by atoms with Crippen molar-refractivity contribution in [2.45, 2.75) is 63.7 Å². The summed E-state index contributed by atoms with van der Waals surface area (Å²) in [5.41, 5.74) is 7.42. The van der Waals surface area contributed by atoms with E-state index in [9.17, 15) is 39.3 Å². The molecule has 0 spiro atoms. The molecule has 0 heterocycles. The summed E-state index contributed by atoms with van der Waals surface area (Å²) in [5, 5.41) is 35.5. The van der Waals surface area contributed by atoms with Crippen molar-refractivity contribution in [2.24, 2.45) is 11.7 Å². The van der Waals surface area contributed by atoms with Crippen molar-refractivity contribution in [3.63, 3.8) is 0 Å². The standard InChI is InChI=1S/C28H36N4O8/c1-16(2)12-23(28(39)40)32-27(38)22(15-24(34)35)31-26(37)21(14-17-6-4-3-5-7-17)30-25(36)20(29)13-18-8-10-19(33)11-9-18/h3-11,16,20-23,33H,12-15,29H2,1-2H3,(H,30,36)(H,31,37)(H,32,38)(H,34,35)(H,39,40)/t20-,21-,22-,23-/m0/s1. The van der Waals surface area contributed by atoms with Gasteiger partial charge >= 0.3 is 11.9 Å². The fourth-order valence-corrected chi connectivity index (χ4v) is 3.94. The van der Waals surface area contributed by atoms with E-state index in [2.05, 4.69) is 16.0 Å². The van der Waals surface area contributed by atoms with E-state index in [4.69, 9.17) is 5.73 Å². The number of phenols is 1. The number of hydrogen-bond donors (Lipinski definition) is 7. The molecule has 12 heteroatoms. The number of aromatic hydroxyl groups is 1. The zero-order valence-corrected chi connectivity index (χ0v) is 22.4. The summed E-state index contributed by atoms with van der Waals surface area (Å²) in [6.45, 7) is 3.53. The molecule has 0 bridgehead atoms. The van der Waals surface area contributed by atoms with Gasteiger partial charge in [-0.15, -0.1) is 0 Å². The molecule has 0 aliphatic carbocycles. The Morgan fingerprint density at radius 3 is 1.80 bits per heavy atom. The molecule has 0 aliphatic rings. The lowest BCUT2D eigenvalue weighted by atomic mass is 10.0. The first-order valence-corrected chi connectivity index (χ1v) is 12.8. The number of carboxylic acids is 2. The van der Waals surface area contributed by atoms with Gasteiger partial charge in [0.05, 0.1) is 12.5 Å². The van der Waals surface area contributed by atoms with Gasteiger partial charge in [-0.3, -0.25) is 19.2 Å². The summed E-state index contributed by atoms with van der Waals surface area (Å²) in [6, 6.07) is 9.68. The fourth-order valence-electron chi connectivity index (χ4n) is 3.94. The van der Waals surface area contributed by atoms with Gasteiger partial charge in [0.2, 0.25) is 17.7 Å². The van der Waals surface area contributed by atoms with Crippen LogP contribution in [0.2, 0.25) is 0 Å². The largest absolute Gasteiger partial charge is 0.508 e. The summed E-state index contributed by atoms with van der Waals surface area (Å²) in [6.07, 6.45) is -0.586. The lowest BCUT2D eigenvalue weighted by Gasteiger charge is -2.25. The van der Waals surface area contributed by atoms with Gasteiger partial charge in [-0.2, -0.15) is 0 Å². The highest BCUT2D eigenvalue weighted by Gasteiger charge is 2.32. The van der Waals surface area contributed by atoms with Gasteiger partial charge in [0.25, 0.3) is 0 Å². The van der Waals surface area contributed by atoms with E-state index < -0.39 is 60.2 Å². The molecule has 216 valence electrons. The van der Waals surface area contributed by atoms with Crippen LogP contribution in [0.4, 0.5) is 0 Å². The first kappa shape index (κ1) is 31.8. The minimum Gasteiger partial charge on any atom is -0.508 e.